The maximum Gasteiger partial charge on any atom is 0.211 e. The van der Waals surface area contributed by atoms with Gasteiger partial charge in [0.15, 0.2) is 0 Å². The Morgan fingerprint density at radius 1 is 1.43 bits per heavy atom. The molecule has 1 N–H and O–H groups in total. The Bertz CT molecular complexity index is 591. The van der Waals surface area contributed by atoms with Crippen LogP contribution in [0.15, 0.2) is 24.3 Å². The standard InChI is InChI=1S/C15H23ClN2O2S/c1-11-10-18(21(3,19)20)8-7-15(11)17-12(2)13-5-4-6-14(16)9-13/h4-6,9,11-12,15,17H,7-8,10H2,1-3H3/t11-,12+,15+/m1/s1. The molecule has 0 unspecified atom stereocenters. The first-order valence-corrected chi connectivity index (χ1v) is 9.46. The Morgan fingerprint density at radius 3 is 2.71 bits per heavy atom. The molecule has 1 fully saturated rings. The van der Waals surface area contributed by atoms with Crippen LogP contribution in [0.3, 0.4) is 0 Å². The van der Waals surface area contributed by atoms with Gasteiger partial charge in [0.1, 0.15) is 0 Å². The maximum absolute atomic E-state index is 11.6. The molecule has 1 aromatic carbocycles. The highest BCUT2D eigenvalue weighted by Gasteiger charge is 2.31. The number of rotatable bonds is 4. The minimum absolute atomic E-state index is 0.195. The molecule has 1 saturated heterocycles. The molecule has 0 aliphatic carbocycles. The number of piperidine rings is 1. The van der Waals surface area contributed by atoms with E-state index in [2.05, 4.69) is 25.2 Å². The van der Waals surface area contributed by atoms with E-state index in [-0.39, 0.29) is 12.0 Å². The van der Waals surface area contributed by atoms with E-state index in [0.717, 1.165) is 17.0 Å². The fraction of sp³-hybridized carbons (Fsp3) is 0.600. The van der Waals surface area contributed by atoms with Gasteiger partial charge < -0.3 is 5.32 Å². The third-order valence-electron chi connectivity index (χ3n) is 4.15. The summed E-state index contributed by atoms with van der Waals surface area (Å²) in [4.78, 5) is 0. The lowest BCUT2D eigenvalue weighted by molar-refractivity contribution is 0.210. The van der Waals surface area contributed by atoms with Crippen molar-refractivity contribution in [1.82, 2.24) is 9.62 Å². The summed E-state index contributed by atoms with van der Waals surface area (Å²) < 4.78 is 24.8. The Morgan fingerprint density at radius 2 is 2.14 bits per heavy atom. The van der Waals surface area contributed by atoms with Crippen LogP contribution < -0.4 is 5.32 Å². The molecule has 1 heterocycles. The molecule has 118 valence electrons. The van der Waals surface area contributed by atoms with Gasteiger partial charge in [-0.1, -0.05) is 30.7 Å². The van der Waals surface area contributed by atoms with Crippen molar-refractivity contribution in [2.24, 2.45) is 5.92 Å². The van der Waals surface area contributed by atoms with Crippen molar-refractivity contribution < 1.29 is 8.42 Å². The van der Waals surface area contributed by atoms with E-state index in [1.165, 1.54) is 6.26 Å². The van der Waals surface area contributed by atoms with Crippen molar-refractivity contribution in [3.05, 3.63) is 34.9 Å². The smallest absolute Gasteiger partial charge is 0.211 e. The second-order valence-corrected chi connectivity index (χ2v) is 8.36. The second kappa shape index (κ2) is 6.65. The Hall–Kier alpha value is -0.620. The predicted octanol–water partition coefficient (Wildman–Crippen LogP) is 2.66. The Balaban J connectivity index is 1.98. The lowest BCUT2D eigenvalue weighted by atomic mass is 9.93. The number of nitrogens with zero attached hydrogens (tertiary/aromatic N) is 1. The van der Waals surface area contributed by atoms with Crippen LogP contribution in [0.2, 0.25) is 5.02 Å². The molecule has 0 amide bonds. The molecule has 1 aliphatic heterocycles. The monoisotopic (exact) mass is 330 g/mol. The zero-order chi connectivity index (χ0) is 15.6. The van der Waals surface area contributed by atoms with Gasteiger partial charge in [0.25, 0.3) is 0 Å². The molecule has 21 heavy (non-hydrogen) atoms. The number of halogens is 1. The highest BCUT2D eigenvalue weighted by Crippen LogP contribution is 2.23. The van der Waals surface area contributed by atoms with Gasteiger partial charge >= 0.3 is 0 Å². The molecule has 0 radical (unpaired) electrons. The van der Waals surface area contributed by atoms with Gasteiger partial charge in [-0.05, 0) is 37.0 Å². The summed E-state index contributed by atoms with van der Waals surface area (Å²) in [5.74, 6) is 0.287. The lowest BCUT2D eigenvalue weighted by Gasteiger charge is -2.37. The topological polar surface area (TPSA) is 49.4 Å². The van der Waals surface area contributed by atoms with Crippen molar-refractivity contribution in [2.45, 2.75) is 32.4 Å². The van der Waals surface area contributed by atoms with Crippen LogP contribution in [-0.4, -0.2) is 38.1 Å². The van der Waals surface area contributed by atoms with Crippen molar-refractivity contribution in [1.29, 1.82) is 0 Å². The normalized spacial score (nSPS) is 25.7. The molecule has 0 spiro atoms. The summed E-state index contributed by atoms with van der Waals surface area (Å²) in [5.41, 5.74) is 1.15. The molecule has 4 nitrogen and oxygen atoms in total. The van der Waals surface area contributed by atoms with E-state index in [4.69, 9.17) is 11.6 Å². The first-order chi connectivity index (χ1) is 9.77. The SMILES string of the molecule is C[C@H](N[C@H]1CCN(S(C)(=O)=O)C[C@H]1C)c1cccc(Cl)c1. The van der Waals surface area contributed by atoms with Gasteiger partial charge in [-0.2, -0.15) is 0 Å². The molecule has 0 bridgehead atoms. The van der Waals surface area contributed by atoms with Gasteiger partial charge in [-0.25, -0.2) is 12.7 Å². The number of hydrogen-bond acceptors (Lipinski definition) is 3. The third kappa shape index (κ3) is 4.42. The summed E-state index contributed by atoms with van der Waals surface area (Å²) >= 11 is 6.03. The van der Waals surface area contributed by atoms with E-state index in [1.54, 1.807) is 4.31 Å². The highest BCUT2D eigenvalue weighted by atomic mass is 35.5. The van der Waals surface area contributed by atoms with E-state index in [1.807, 2.05) is 18.2 Å². The molecule has 2 rings (SSSR count). The molecule has 0 saturated carbocycles. The minimum Gasteiger partial charge on any atom is -0.307 e. The fourth-order valence-corrected chi connectivity index (χ4v) is 3.99. The zero-order valence-corrected chi connectivity index (χ0v) is 14.3. The van der Waals surface area contributed by atoms with Gasteiger partial charge in [0, 0.05) is 30.2 Å². The number of hydrogen-bond donors (Lipinski definition) is 1. The predicted molar refractivity (Wildman–Crippen MR) is 87.0 cm³/mol. The average molecular weight is 331 g/mol. The highest BCUT2D eigenvalue weighted by molar-refractivity contribution is 7.88. The van der Waals surface area contributed by atoms with Crippen LogP contribution in [0.4, 0.5) is 0 Å². The molecule has 6 heteroatoms. The first-order valence-electron chi connectivity index (χ1n) is 7.24. The number of sulfonamides is 1. The quantitative estimate of drug-likeness (QED) is 0.923. The van der Waals surface area contributed by atoms with Crippen LogP contribution >= 0.6 is 11.6 Å². The van der Waals surface area contributed by atoms with Gasteiger partial charge in [-0.15, -0.1) is 0 Å². The maximum atomic E-state index is 11.6. The molecule has 3 atom stereocenters. The zero-order valence-electron chi connectivity index (χ0n) is 12.7. The largest absolute Gasteiger partial charge is 0.307 e. The Kier molecular flexibility index (Phi) is 5.30. The summed E-state index contributed by atoms with van der Waals surface area (Å²) in [6.07, 6.45) is 2.11. The van der Waals surface area contributed by atoms with Crippen LogP contribution in [0, 0.1) is 5.92 Å². The second-order valence-electron chi connectivity index (χ2n) is 5.94. The van der Waals surface area contributed by atoms with Crippen molar-refractivity contribution in [3.8, 4) is 0 Å². The molecule has 1 aromatic rings. The lowest BCUT2D eigenvalue weighted by Crippen LogP contribution is -2.50. The van der Waals surface area contributed by atoms with Crippen LogP contribution in [-0.2, 0) is 10.0 Å². The van der Waals surface area contributed by atoms with E-state index < -0.39 is 10.0 Å². The first kappa shape index (κ1) is 16.7. The summed E-state index contributed by atoms with van der Waals surface area (Å²) in [6, 6.07) is 8.35. The fourth-order valence-electron chi connectivity index (χ4n) is 2.85. The third-order valence-corrected chi connectivity index (χ3v) is 5.65. The molecular formula is C15H23ClN2O2S. The van der Waals surface area contributed by atoms with Gasteiger partial charge in [0.05, 0.1) is 6.26 Å². The van der Waals surface area contributed by atoms with E-state index in [0.29, 0.717) is 19.1 Å². The van der Waals surface area contributed by atoms with E-state index >= 15 is 0 Å². The van der Waals surface area contributed by atoms with Crippen molar-refractivity contribution >= 4 is 21.6 Å². The summed E-state index contributed by atoms with van der Waals surface area (Å²) in [6.45, 7) is 5.38. The minimum atomic E-state index is -3.08. The van der Waals surface area contributed by atoms with Crippen LogP contribution in [0.1, 0.15) is 31.9 Å². The summed E-state index contributed by atoms with van der Waals surface area (Å²) in [7, 11) is -3.08. The Labute approximate surface area is 132 Å². The van der Waals surface area contributed by atoms with Gasteiger partial charge in [-0.3, -0.25) is 0 Å². The van der Waals surface area contributed by atoms with Crippen molar-refractivity contribution in [2.75, 3.05) is 19.3 Å². The van der Waals surface area contributed by atoms with Crippen molar-refractivity contribution in [3.63, 3.8) is 0 Å². The molecule has 0 aromatic heterocycles. The summed E-state index contributed by atoms with van der Waals surface area (Å²) in [5, 5.41) is 4.34. The van der Waals surface area contributed by atoms with E-state index in [9.17, 15) is 8.42 Å². The number of nitrogens with one attached hydrogen (secondary N) is 1. The molecular weight excluding hydrogens is 308 g/mol. The van der Waals surface area contributed by atoms with Gasteiger partial charge in [0.2, 0.25) is 10.0 Å². The number of benzene rings is 1. The van der Waals surface area contributed by atoms with Crippen LogP contribution in [0.5, 0.6) is 0 Å². The average Bonchev–Trinajstić information content (AvgIpc) is 2.39. The molecule has 1 aliphatic rings. The van der Waals surface area contributed by atoms with Crippen LogP contribution in [0.25, 0.3) is 0 Å².